The van der Waals surface area contributed by atoms with Crippen molar-refractivity contribution in [3.05, 3.63) is 72.3 Å². The number of hydrogen-bond acceptors (Lipinski definition) is 6. The monoisotopic (exact) mass is 413 g/mol. The molecular formula is C20H19N3O5S. The van der Waals surface area contributed by atoms with Crippen molar-refractivity contribution in [2.24, 2.45) is 0 Å². The number of nitrogens with one attached hydrogen (secondary N) is 1. The molecule has 1 heterocycles. The zero-order chi connectivity index (χ0) is 20.9. The number of benzene rings is 2. The molecule has 29 heavy (non-hydrogen) atoms. The summed E-state index contributed by atoms with van der Waals surface area (Å²) < 4.78 is 33.1. The minimum atomic E-state index is -3.68. The summed E-state index contributed by atoms with van der Waals surface area (Å²) >= 11 is 0. The van der Waals surface area contributed by atoms with E-state index in [2.05, 4.69) is 14.7 Å². The molecule has 0 aliphatic carbocycles. The molecule has 0 radical (unpaired) electrons. The summed E-state index contributed by atoms with van der Waals surface area (Å²) in [6.45, 7) is 1.28. The largest absolute Gasteiger partial charge is 0.481 e. The Bertz CT molecular complexity index is 1120. The third-order valence-corrected chi connectivity index (χ3v) is 5.68. The van der Waals surface area contributed by atoms with Crippen molar-refractivity contribution < 1.29 is 23.1 Å². The van der Waals surface area contributed by atoms with Crippen LogP contribution in [-0.4, -0.2) is 36.1 Å². The van der Waals surface area contributed by atoms with E-state index in [9.17, 15) is 13.2 Å². The summed E-state index contributed by atoms with van der Waals surface area (Å²) in [7, 11) is -3.68. The van der Waals surface area contributed by atoms with E-state index in [-0.39, 0.29) is 11.4 Å². The Labute approximate surface area is 168 Å². The Balaban J connectivity index is 1.87. The van der Waals surface area contributed by atoms with E-state index in [0.29, 0.717) is 28.0 Å². The highest BCUT2D eigenvalue weighted by Crippen LogP contribution is 2.30. The van der Waals surface area contributed by atoms with Gasteiger partial charge in [-0.25, -0.2) is 27.9 Å². The van der Waals surface area contributed by atoms with Crippen molar-refractivity contribution >= 4 is 16.0 Å². The number of aryl methyl sites for hydroxylation is 1. The topological polar surface area (TPSA) is 118 Å². The number of carboxylic acids is 1. The lowest BCUT2D eigenvalue weighted by molar-refractivity contribution is -0.139. The van der Waals surface area contributed by atoms with Crippen LogP contribution in [0.3, 0.4) is 0 Å². The van der Waals surface area contributed by atoms with Crippen molar-refractivity contribution in [2.45, 2.75) is 18.4 Å². The summed E-state index contributed by atoms with van der Waals surface area (Å²) in [6.07, 6.45) is 4.51. The molecule has 8 nitrogen and oxygen atoms in total. The molecular weight excluding hydrogens is 394 g/mol. The van der Waals surface area contributed by atoms with E-state index in [1.807, 2.05) is 0 Å². The fourth-order valence-electron chi connectivity index (χ4n) is 2.73. The molecule has 9 heteroatoms. The second-order valence-electron chi connectivity index (χ2n) is 6.23. The summed E-state index contributed by atoms with van der Waals surface area (Å²) in [6, 6.07) is 11.7. The Morgan fingerprint density at radius 3 is 2.55 bits per heavy atom. The molecule has 150 valence electrons. The zero-order valence-corrected chi connectivity index (χ0v) is 16.4. The molecule has 0 saturated carbocycles. The molecule has 0 spiro atoms. The van der Waals surface area contributed by atoms with Crippen molar-refractivity contribution in [3.8, 4) is 16.9 Å². The zero-order valence-electron chi connectivity index (χ0n) is 15.6. The van der Waals surface area contributed by atoms with E-state index in [0.717, 1.165) is 0 Å². The van der Waals surface area contributed by atoms with Crippen LogP contribution in [0.1, 0.15) is 11.1 Å². The average Bonchev–Trinajstić information content (AvgIpc) is 2.72. The lowest BCUT2D eigenvalue weighted by atomic mass is 10.0. The number of aromatic nitrogens is 2. The summed E-state index contributed by atoms with van der Waals surface area (Å²) in [5.74, 6) is -0.761. The first kappa shape index (κ1) is 20.4. The van der Waals surface area contributed by atoms with Crippen molar-refractivity contribution in [1.82, 2.24) is 14.7 Å². The van der Waals surface area contributed by atoms with Crippen molar-refractivity contribution in [2.75, 3.05) is 6.61 Å². The normalized spacial score (nSPS) is 11.2. The van der Waals surface area contributed by atoms with Gasteiger partial charge in [-0.05, 0) is 36.2 Å². The molecule has 0 bridgehead atoms. The smallest absolute Gasteiger partial charge is 0.341 e. The van der Waals surface area contributed by atoms with Crippen LogP contribution in [0.15, 0.2) is 66.1 Å². The fourth-order valence-corrected chi connectivity index (χ4v) is 3.99. The second kappa shape index (κ2) is 8.80. The van der Waals surface area contributed by atoms with Gasteiger partial charge in [0.25, 0.3) is 0 Å². The number of rotatable bonds is 8. The number of aliphatic carboxylic acids is 1. The number of hydrogen-bond donors (Lipinski definition) is 2. The molecule has 3 aromatic rings. The van der Waals surface area contributed by atoms with Gasteiger partial charge in [-0.15, -0.1) is 0 Å². The lowest BCUT2D eigenvalue weighted by Gasteiger charge is -2.13. The van der Waals surface area contributed by atoms with Gasteiger partial charge in [-0.2, -0.15) is 0 Å². The van der Waals surface area contributed by atoms with Gasteiger partial charge in [-0.3, -0.25) is 0 Å². The van der Waals surface area contributed by atoms with Crippen molar-refractivity contribution in [3.63, 3.8) is 0 Å². The van der Waals surface area contributed by atoms with Gasteiger partial charge >= 0.3 is 5.97 Å². The van der Waals surface area contributed by atoms with Crippen molar-refractivity contribution in [1.29, 1.82) is 0 Å². The Morgan fingerprint density at radius 1 is 1.14 bits per heavy atom. The maximum Gasteiger partial charge on any atom is 0.341 e. The van der Waals surface area contributed by atoms with Crippen LogP contribution in [0.5, 0.6) is 5.75 Å². The summed E-state index contributed by atoms with van der Waals surface area (Å²) in [5, 5.41) is 8.87. The van der Waals surface area contributed by atoms with Crippen LogP contribution < -0.4 is 9.46 Å². The molecule has 0 amide bonds. The molecule has 0 aliphatic rings. The number of carboxylic acid groups (broad SMARTS) is 1. The van der Waals surface area contributed by atoms with Gasteiger partial charge in [-0.1, -0.05) is 24.3 Å². The van der Waals surface area contributed by atoms with Gasteiger partial charge in [0.05, 0.1) is 4.90 Å². The highest BCUT2D eigenvalue weighted by atomic mass is 32.2. The predicted octanol–water partition coefficient (Wildman–Crippen LogP) is 2.39. The number of carbonyl (C=O) groups is 1. The highest BCUT2D eigenvalue weighted by molar-refractivity contribution is 7.89. The molecule has 0 saturated heterocycles. The molecule has 0 atom stereocenters. The fraction of sp³-hybridized carbons (Fsp3) is 0.150. The maximum atomic E-state index is 12.6. The van der Waals surface area contributed by atoms with Gasteiger partial charge in [0.15, 0.2) is 6.61 Å². The summed E-state index contributed by atoms with van der Waals surface area (Å²) in [4.78, 5) is 19.0. The summed E-state index contributed by atoms with van der Waals surface area (Å²) in [5.41, 5.74) is 2.51. The quantitative estimate of drug-likeness (QED) is 0.582. The Hall–Kier alpha value is -3.30. The Morgan fingerprint density at radius 2 is 1.86 bits per heavy atom. The van der Waals surface area contributed by atoms with E-state index in [1.54, 1.807) is 61.8 Å². The minimum Gasteiger partial charge on any atom is -0.481 e. The van der Waals surface area contributed by atoms with Crippen LogP contribution in [0.25, 0.3) is 11.1 Å². The molecule has 2 aromatic carbocycles. The predicted molar refractivity (Wildman–Crippen MR) is 106 cm³/mol. The molecule has 1 aromatic heterocycles. The standard InChI is InChI=1S/C20H19N3O5S/c1-14-4-2-3-5-19(14)29(26,27)23-9-15-6-7-18(28-12-20(24)25)17(8-15)16-10-21-13-22-11-16/h2-8,10-11,13,23H,9,12H2,1H3,(H,24,25). The molecule has 0 fully saturated rings. The first-order valence-electron chi connectivity index (χ1n) is 8.65. The number of ether oxygens (including phenoxy) is 1. The molecule has 0 unspecified atom stereocenters. The highest BCUT2D eigenvalue weighted by Gasteiger charge is 2.17. The van der Waals surface area contributed by atoms with Gasteiger partial charge in [0, 0.05) is 30.1 Å². The lowest BCUT2D eigenvalue weighted by Crippen LogP contribution is -2.24. The first-order chi connectivity index (χ1) is 13.9. The number of nitrogens with zero attached hydrogens (tertiary/aromatic N) is 2. The van der Waals surface area contributed by atoms with E-state index >= 15 is 0 Å². The first-order valence-corrected chi connectivity index (χ1v) is 10.1. The van der Waals surface area contributed by atoms with Gasteiger partial charge < -0.3 is 9.84 Å². The third kappa shape index (κ3) is 5.15. The van der Waals surface area contributed by atoms with Crippen LogP contribution >= 0.6 is 0 Å². The number of sulfonamides is 1. The van der Waals surface area contributed by atoms with Crippen LogP contribution in [0.2, 0.25) is 0 Å². The Kier molecular flexibility index (Phi) is 6.20. The minimum absolute atomic E-state index is 0.0522. The SMILES string of the molecule is Cc1ccccc1S(=O)(=O)NCc1ccc(OCC(=O)O)c(-c2cncnc2)c1. The molecule has 3 rings (SSSR count). The van der Waals surface area contributed by atoms with E-state index in [4.69, 9.17) is 9.84 Å². The van der Waals surface area contributed by atoms with Crippen LogP contribution in [-0.2, 0) is 21.4 Å². The third-order valence-electron chi connectivity index (χ3n) is 4.12. The van der Waals surface area contributed by atoms with E-state index < -0.39 is 22.6 Å². The van der Waals surface area contributed by atoms with Gasteiger partial charge in [0.2, 0.25) is 10.0 Å². The molecule has 0 aliphatic heterocycles. The van der Waals surface area contributed by atoms with Crippen LogP contribution in [0.4, 0.5) is 0 Å². The van der Waals surface area contributed by atoms with E-state index in [1.165, 1.54) is 6.33 Å². The average molecular weight is 413 g/mol. The van der Waals surface area contributed by atoms with Crippen LogP contribution in [0, 0.1) is 6.92 Å². The maximum absolute atomic E-state index is 12.6. The molecule has 2 N–H and O–H groups in total. The second-order valence-corrected chi connectivity index (χ2v) is 7.97. The van der Waals surface area contributed by atoms with Gasteiger partial charge in [0.1, 0.15) is 12.1 Å².